The number of nitrogens with one attached hydrogen (secondary N) is 2. The molecule has 8 atom stereocenters. The van der Waals surface area contributed by atoms with Crippen LogP contribution >= 0.6 is 0 Å². The minimum atomic E-state index is -1.72. The molecule has 8 heterocycles. The van der Waals surface area contributed by atoms with Crippen molar-refractivity contribution in [2.24, 2.45) is 0 Å². The Morgan fingerprint density at radius 1 is 0.827 bits per heavy atom. The van der Waals surface area contributed by atoms with E-state index in [2.05, 4.69) is 61.7 Å². The Kier molecular flexibility index (Phi) is 9.51. The van der Waals surface area contributed by atoms with Crippen LogP contribution in [0.25, 0.3) is 33.5 Å². The topological polar surface area (TPSA) is 354 Å². The molecule has 2 saturated heterocycles. The van der Waals surface area contributed by atoms with Crippen molar-refractivity contribution in [2.75, 3.05) is 24.7 Å². The maximum absolute atomic E-state index is 10.9. The van der Waals surface area contributed by atoms with Crippen molar-refractivity contribution < 1.29 is 40.1 Å². The van der Waals surface area contributed by atoms with Crippen molar-refractivity contribution >= 4 is 45.3 Å². The lowest BCUT2D eigenvalue weighted by Gasteiger charge is -2.23. The number of anilines is 2. The molecule has 52 heavy (non-hydrogen) atoms. The van der Waals surface area contributed by atoms with Gasteiger partial charge in [0.15, 0.2) is 51.9 Å². The summed E-state index contributed by atoms with van der Waals surface area (Å²) in [5.74, 6) is 4.36. The second kappa shape index (κ2) is 13.9. The van der Waals surface area contributed by atoms with Gasteiger partial charge in [0.05, 0.1) is 44.7 Å². The molecule has 0 saturated carbocycles. The molecule has 23 nitrogen and oxygen atoms in total. The van der Waals surface area contributed by atoms with Gasteiger partial charge < -0.3 is 61.5 Å². The predicted octanol–water partition coefficient (Wildman–Crippen LogP) is -4.31. The van der Waals surface area contributed by atoms with Crippen LogP contribution in [0.15, 0.2) is 42.6 Å². The molecule has 0 aromatic carbocycles. The van der Waals surface area contributed by atoms with Crippen LogP contribution in [0.3, 0.4) is 0 Å². The highest BCUT2D eigenvalue weighted by Gasteiger charge is 2.55. The third kappa shape index (κ3) is 5.90. The summed E-state index contributed by atoms with van der Waals surface area (Å²) in [6, 6.07) is 0. The van der Waals surface area contributed by atoms with Crippen LogP contribution in [-0.2, 0) is 9.47 Å². The average molecular weight is 719 g/mol. The summed E-state index contributed by atoms with van der Waals surface area (Å²) >= 11 is 0. The van der Waals surface area contributed by atoms with Crippen molar-refractivity contribution in [3.63, 3.8) is 0 Å². The maximum atomic E-state index is 10.9. The zero-order chi connectivity index (χ0) is 37.4. The summed E-state index contributed by atoms with van der Waals surface area (Å²) in [5, 5.41) is 59.1. The van der Waals surface area contributed by atoms with Gasteiger partial charge in [0.2, 0.25) is 5.95 Å². The van der Waals surface area contributed by atoms with E-state index in [1.807, 2.05) is 0 Å². The number of hydrogen-bond acceptors (Lipinski definition) is 19. The first kappa shape index (κ1) is 35.7. The minimum Gasteiger partial charge on any atom is -0.392 e. The highest BCUT2D eigenvalue weighted by atomic mass is 16.6. The van der Waals surface area contributed by atoms with Gasteiger partial charge in [-0.2, -0.15) is 9.97 Å². The van der Waals surface area contributed by atoms with Crippen molar-refractivity contribution in [3.05, 3.63) is 48.2 Å². The molecule has 2 fully saturated rings. The molecule has 0 spiro atoms. The van der Waals surface area contributed by atoms with Gasteiger partial charge in [-0.25, -0.2) is 29.9 Å². The molecule has 2 aliphatic heterocycles. The first-order valence-corrected chi connectivity index (χ1v) is 14.9. The maximum Gasteiger partial charge on any atom is 0.276 e. The molecule has 12 N–H and O–H groups in total. The highest BCUT2D eigenvalue weighted by Crippen LogP contribution is 2.39. The summed E-state index contributed by atoms with van der Waals surface area (Å²) in [7, 11) is 0. The lowest BCUT2D eigenvalue weighted by molar-refractivity contribution is -0.0911. The molecule has 0 radical (unpaired) electrons. The lowest BCUT2D eigenvalue weighted by atomic mass is 9.97. The van der Waals surface area contributed by atoms with Crippen LogP contribution < -0.4 is 17.0 Å². The number of rotatable bonds is 4. The van der Waals surface area contributed by atoms with Crippen LogP contribution in [0.1, 0.15) is 12.5 Å². The first-order chi connectivity index (χ1) is 24.9. The molecular weight excluding hydrogens is 688 g/mol. The smallest absolute Gasteiger partial charge is 0.276 e. The summed E-state index contributed by atoms with van der Waals surface area (Å²) in [5.41, 5.74) is 9.99. The Bertz CT molecular complexity index is 2360. The Balaban J connectivity index is 0.000000142. The Labute approximate surface area is 290 Å². The molecule has 270 valence electrons. The number of aromatic amines is 2. The zero-order valence-corrected chi connectivity index (χ0v) is 26.5. The SMILES string of the molecule is C#C[C@]1(CO)O[C@@H](n2cnc3c(N)nc(N)nc32)[C@@H](O)[C@@H]1O.C#C[C@]1(CO)O[C@@H](n2cnc3cncnc32)[C@@H](O)[C@@H]1O.O=c1[nH]cnc2nc[nH]c12. The molecule has 23 heteroatoms. The molecule has 8 rings (SSSR count). The van der Waals surface area contributed by atoms with Gasteiger partial charge in [0.1, 0.15) is 41.8 Å². The van der Waals surface area contributed by atoms with E-state index >= 15 is 0 Å². The third-order valence-electron chi connectivity index (χ3n) is 8.29. The van der Waals surface area contributed by atoms with Crippen LogP contribution in [0, 0.1) is 24.7 Å². The van der Waals surface area contributed by atoms with Gasteiger partial charge in [-0.15, -0.1) is 12.8 Å². The molecule has 2 aliphatic rings. The Morgan fingerprint density at radius 3 is 1.96 bits per heavy atom. The van der Waals surface area contributed by atoms with E-state index in [0.717, 1.165) is 0 Å². The number of nitrogens with zero attached hydrogens (tertiary/aromatic N) is 10. The number of aromatic nitrogens is 12. The average Bonchev–Trinajstić information content (AvgIpc) is 3.98. The van der Waals surface area contributed by atoms with Gasteiger partial charge >= 0.3 is 0 Å². The normalized spacial score (nSPS) is 28.2. The predicted molar refractivity (Wildman–Crippen MR) is 176 cm³/mol. The quantitative estimate of drug-likeness (QED) is 0.0770. The lowest BCUT2D eigenvalue weighted by Crippen LogP contribution is -2.44. The third-order valence-corrected chi connectivity index (χ3v) is 8.29. The summed E-state index contributed by atoms with van der Waals surface area (Å²) in [6.45, 7) is -1.27. The number of imidazole rings is 3. The number of H-pyrrole nitrogens is 2. The Morgan fingerprint density at radius 2 is 1.40 bits per heavy atom. The van der Waals surface area contributed by atoms with Crippen molar-refractivity contribution in [1.82, 2.24) is 59.0 Å². The van der Waals surface area contributed by atoms with Gasteiger partial charge in [0, 0.05) is 0 Å². The number of hydrogen-bond donors (Lipinski definition) is 10. The van der Waals surface area contributed by atoms with Crippen LogP contribution in [0.2, 0.25) is 0 Å². The monoisotopic (exact) mass is 718 g/mol. The number of terminal acetylenes is 2. The van der Waals surface area contributed by atoms with Crippen LogP contribution in [0.4, 0.5) is 11.8 Å². The highest BCUT2D eigenvalue weighted by molar-refractivity contribution is 5.82. The molecule has 6 aromatic rings. The minimum absolute atomic E-state index is 0.0691. The van der Waals surface area contributed by atoms with E-state index in [1.54, 1.807) is 0 Å². The van der Waals surface area contributed by atoms with Crippen LogP contribution in [0.5, 0.6) is 0 Å². The number of fused-ring (bicyclic) bond motifs is 3. The number of nitrogen functional groups attached to an aromatic ring is 2. The molecular formula is C29H30N14O9. The fourth-order valence-electron chi connectivity index (χ4n) is 5.50. The second-order valence-electron chi connectivity index (χ2n) is 11.3. The van der Waals surface area contributed by atoms with E-state index in [0.29, 0.717) is 22.3 Å². The molecule has 0 bridgehead atoms. The number of ether oxygens (including phenoxy) is 2. The van der Waals surface area contributed by atoms with Gasteiger partial charge in [-0.1, -0.05) is 11.8 Å². The van der Waals surface area contributed by atoms with E-state index < -0.39 is 61.3 Å². The Hall–Kier alpha value is -6.15. The molecule has 0 amide bonds. The van der Waals surface area contributed by atoms with Crippen molar-refractivity contribution in [2.45, 2.75) is 48.1 Å². The molecule has 0 aliphatic carbocycles. The first-order valence-electron chi connectivity index (χ1n) is 14.9. The summed E-state index contributed by atoms with van der Waals surface area (Å²) in [4.78, 5) is 47.3. The van der Waals surface area contributed by atoms with Crippen molar-refractivity contribution in [1.29, 1.82) is 0 Å². The second-order valence-corrected chi connectivity index (χ2v) is 11.3. The van der Waals surface area contributed by atoms with E-state index in [-0.39, 0.29) is 28.5 Å². The summed E-state index contributed by atoms with van der Waals surface area (Å²) < 4.78 is 13.8. The van der Waals surface area contributed by atoms with Crippen molar-refractivity contribution in [3.8, 4) is 24.7 Å². The van der Waals surface area contributed by atoms with E-state index in [4.69, 9.17) is 33.8 Å². The zero-order valence-electron chi connectivity index (χ0n) is 26.5. The number of aliphatic hydroxyl groups excluding tert-OH is 6. The van der Waals surface area contributed by atoms with E-state index in [1.165, 1.54) is 47.0 Å². The van der Waals surface area contributed by atoms with Gasteiger partial charge in [-0.05, 0) is 0 Å². The molecule has 0 unspecified atom stereocenters. The van der Waals surface area contributed by atoms with Gasteiger partial charge in [-0.3, -0.25) is 13.9 Å². The molecule has 6 aromatic heterocycles. The largest absolute Gasteiger partial charge is 0.392 e. The summed E-state index contributed by atoms with van der Waals surface area (Å²) in [6.07, 6.45) is 11.2. The van der Waals surface area contributed by atoms with Gasteiger partial charge in [0.25, 0.3) is 5.56 Å². The van der Waals surface area contributed by atoms with Crippen LogP contribution in [-0.4, -0.2) is 138 Å². The number of aliphatic hydroxyl groups is 6. The number of nitrogens with two attached hydrogens (primary N) is 2. The standard InChI is InChI=1S/C12H14N6O4.C12H12N4O4.C5H4N4O/c1-2-12(3-19)7(21)6(20)10(22-12)18-4-15-5-8(13)16-11(14)17-9(5)18;1-2-12(4-17)9(19)8(18)11(20-12)16-6-15-7-3-13-5-14-10(7)16;10-5-3-4(7-1-6-3)8-2-9-5/h1,4,6-7,10,19-21H,3H2,(H4,13,14,16,17);1,3,5-6,8-9,11,17-19H,4H2;1-2H,(H2,6,7,8,9,10)/t6-,7-,10+,12+;8-,9-,11+,12+;/m00./s1. The fraction of sp³-hybridized carbons (Fsp3) is 0.345. The van der Waals surface area contributed by atoms with E-state index in [9.17, 15) is 35.4 Å². The fourth-order valence-corrected chi connectivity index (χ4v) is 5.50.